The predicted molar refractivity (Wildman–Crippen MR) is 73.2 cm³/mol. The Morgan fingerprint density at radius 3 is 3.05 bits per heavy atom. The Balaban J connectivity index is 1.83. The molecule has 1 aliphatic heterocycles. The van der Waals surface area contributed by atoms with Gasteiger partial charge in [-0.2, -0.15) is 0 Å². The smallest absolute Gasteiger partial charge is 0.182 e. The van der Waals surface area contributed by atoms with Crippen molar-refractivity contribution in [1.29, 1.82) is 0 Å². The number of tetrazole rings is 1. The van der Waals surface area contributed by atoms with Crippen LogP contribution in [0.15, 0.2) is 18.2 Å². The molecular weight excluding hydrogens is 282 g/mol. The molecule has 1 saturated heterocycles. The number of nitrogen functional groups attached to an aromatic ring is 1. The number of ether oxygens (including phenoxy) is 2. The van der Waals surface area contributed by atoms with Gasteiger partial charge in [-0.25, -0.2) is 4.68 Å². The summed E-state index contributed by atoms with van der Waals surface area (Å²) in [7, 11) is 0. The molecule has 1 aliphatic rings. The number of benzene rings is 1. The van der Waals surface area contributed by atoms with Crippen molar-refractivity contribution >= 4 is 17.3 Å². The van der Waals surface area contributed by atoms with Crippen molar-refractivity contribution in [3.63, 3.8) is 0 Å². The Hall–Kier alpha value is -1.70. The van der Waals surface area contributed by atoms with E-state index in [4.69, 9.17) is 26.8 Å². The summed E-state index contributed by atoms with van der Waals surface area (Å²) in [6.07, 6.45) is -0.0457. The number of nitrogens with zero attached hydrogens (tertiary/aromatic N) is 4. The zero-order valence-corrected chi connectivity index (χ0v) is 11.5. The monoisotopic (exact) mass is 295 g/mol. The van der Waals surface area contributed by atoms with E-state index in [0.29, 0.717) is 42.9 Å². The van der Waals surface area contributed by atoms with Crippen LogP contribution in [0.2, 0.25) is 5.02 Å². The third kappa shape index (κ3) is 2.74. The lowest BCUT2D eigenvalue weighted by molar-refractivity contribution is -0.0946. The van der Waals surface area contributed by atoms with E-state index in [1.807, 2.05) is 6.07 Å². The van der Waals surface area contributed by atoms with E-state index >= 15 is 0 Å². The van der Waals surface area contributed by atoms with E-state index in [1.165, 1.54) is 0 Å². The van der Waals surface area contributed by atoms with Gasteiger partial charge in [0.25, 0.3) is 0 Å². The molecule has 0 aliphatic carbocycles. The highest BCUT2D eigenvalue weighted by molar-refractivity contribution is 6.33. The van der Waals surface area contributed by atoms with Gasteiger partial charge in [0.05, 0.1) is 37.1 Å². The van der Waals surface area contributed by atoms with Crippen LogP contribution in [0, 0.1) is 0 Å². The molecule has 0 saturated carbocycles. The van der Waals surface area contributed by atoms with Crippen molar-refractivity contribution in [2.75, 3.05) is 25.6 Å². The van der Waals surface area contributed by atoms with Crippen molar-refractivity contribution in [3.05, 3.63) is 23.2 Å². The summed E-state index contributed by atoms with van der Waals surface area (Å²) in [5.41, 5.74) is 7.12. The normalized spacial score (nSPS) is 19.1. The molecule has 106 valence electrons. The Bertz CT molecular complexity index is 597. The van der Waals surface area contributed by atoms with Crippen molar-refractivity contribution in [1.82, 2.24) is 20.2 Å². The molecule has 1 atom stereocenters. The number of anilines is 1. The molecule has 2 N–H and O–H groups in total. The quantitative estimate of drug-likeness (QED) is 0.850. The van der Waals surface area contributed by atoms with Gasteiger partial charge in [0.15, 0.2) is 5.82 Å². The lowest BCUT2D eigenvalue weighted by Crippen LogP contribution is -2.32. The standard InChI is InChI=1S/C12H14ClN5O2/c13-10-2-1-8(5-11(10)14)12-15-16-17-18(12)6-9-7-19-3-4-20-9/h1-2,5,9H,3-4,6-7,14H2. The number of aromatic nitrogens is 4. The summed E-state index contributed by atoms with van der Waals surface area (Å²) in [5, 5.41) is 12.2. The first-order chi connectivity index (χ1) is 9.74. The minimum atomic E-state index is -0.0457. The number of hydrogen-bond donors (Lipinski definition) is 1. The van der Waals surface area contributed by atoms with Crippen LogP contribution in [-0.4, -0.2) is 46.1 Å². The highest BCUT2D eigenvalue weighted by Gasteiger charge is 2.18. The molecule has 1 unspecified atom stereocenters. The van der Waals surface area contributed by atoms with Gasteiger partial charge in [-0.1, -0.05) is 11.6 Å². The molecule has 2 aromatic rings. The third-order valence-corrected chi connectivity index (χ3v) is 3.39. The van der Waals surface area contributed by atoms with Crippen molar-refractivity contribution in [3.8, 4) is 11.4 Å². The fourth-order valence-electron chi connectivity index (χ4n) is 2.05. The van der Waals surface area contributed by atoms with Crippen LogP contribution in [0.3, 0.4) is 0 Å². The Morgan fingerprint density at radius 1 is 1.40 bits per heavy atom. The molecule has 1 aromatic heterocycles. The fraction of sp³-hybridized carbons (Fsp3) is 0.417. The van der Waals surface area contributed by atoms with Gasteiger partial charge >= 0.3 is 0 Å². The molecule has 7 nitrogen and oxygen atoms in total. The van der Waals surface area contributed by atoms with Crippen molar-refractivity contribution in [2.45, 2.75) is 12.6 Å². The van der Waals surface area contributed by atoms with Crippen LogP contribution < -0.4 is 5.73 Å². The summed E-state index contributed by atoms with van der Waals surface area (Å²) >= 11 is 5.92. The average Bonchev–Trinajstić information content (AvgIpc) is 2.91. The van der Waals surface area contributed by atoms with Crippen LogP contribution in [0.25, 0.3) is 11.4 Å². The van der Waals surface area contributed by atoms with E-state index in [0.717, 1.165) is 5.56 Å². The summed E-state index contributed by atoms with van der Waals surface area (Å²) in [5.74, 6) is 0.627. The fourth-order valence-corrected chi connectivity index (χ4v) is 2.17. The van der Waals surface area contributed by atoms with Crippen LogP contribution in [0.1, 0.15) is 0 Å². The minimum Gasteiger partial charge on any atom is -0.398 e. The van der Waals surface area contributed by atoms with Crippen molar-refractivity contribution < 1.29 is 9.47 Å². The van der Waals surface area contributed by atoms with E-state index < -0.39 is 0 Å². The molecule has 0 radical (unpaired) electrons. The van der Waals surface area contributed by atoms with Crippen LogP contribution in [0.5, 0.6) is 0 Å². The lowest BCUT2D eigenvalue weighted by Gasteiger charge is -2.22. The summed E-state index contributed by atoms with van der Waals surface area (Å²) in [4.78, 5) is 0. The van der Waals surface area contributed by atoms with Gasteiger partial charge < -0.3 is 15.2 Å². The number of halogens is 1. The zero-order chi connectivity index (χ0) is 13.9. The van der Waals surface area contributed by atoms with Crippen LogP contribution in [-0.2, 0) is 16.0 Å². The maximum Gasteiger partial charge on any atom is 0.182 e. The second-order valence-corrected chi connectivity index (χ2v) is 4.90. The van der Waals surface area contributed by atoms with E-state index in [1.54, 1.807) is 16.8 Å². The third-order valence-electron chi connectivity index (χ3n) is 3.05. The van der Waals surface area contributed by atoms with Crippen LogP contribution in [0.4, 0.5) is 5.69 Å². The first kappa shape index (κ1) is 13.3. The molecular formula is C12H14ClN5O2. The summed E-state index contributed by atoms with van der Waals surface area (Å²) < 4.78 is 12.6. The van der Waals surface area contributed by atoms with Crippen LogP contribution >= 0.6 is 11.6 Å². The SMILES string of the molecule is Nc1cc(-c2nnnn2CC2COCCO2)ccc1Cl. The van der Waals surface area contributed by atoms with E-state index in [9.17, 15) is 0 Å². The average molecular weight is 296 g/mol. The highest BCUT2D eigenvalue weighted by Crippen LogP contribution is 2.25. The molecule has 1 fully saturated rings. The second kappa shape index (κ2) is 5.74. The van der Waals surface area contributed by atoms with Crippen molar-refractivity contribution in [2.24, 2.45) is 0 Å². The Kier molecular flexibility index (Phi) is 3.81. The summed E-state index contributed by atoms with van der Waals surface area (Å²) in [6.45, 7) is 2.30. The summed E-state index contributed by atoms with van der Waals surface area (Å²) in [6, 6.07) is 5.31. The Labute approximate surface area is 120 Å². The molecule has 1 aromatic carbocycles. The number of nitrogens with two attached hydrogens (primary N) is 1. The molecule has 8 heteroatoms. The van der Waals surface area contributed by atoms with Gasteiger partial charge in [-0.05, 0) is 28.6 Å². The first-order valence-corrected chi connectivity index (χ1v) is 6.63. The predicted octanol–water partition coefficient (Wildman–Crippen LogP) is 0.991. The largest absolute Gasteiger partial charge is 0.398 e. The van der Waals surface area contributed by atoms with E-state index in [2.05, 4.69) is 15.5 Å². The Morgan fingerprint density at radius 2 is 2.30 bits per heavy atom. The molecule has 3 rings (SSSR count). The van der Waals surface area contributed by atoms with Gasteiger partial charge in [0, 0.05) is 5.56 Å². The zero-order valence-electron chi connectivity index (χ0n) is 10.7. The molecule has 2 heterocycles. The van der Waals surface area contributed by atoms with Gasteiger partial charge in [-0.15, -0.1) is 5.10 Å². The molecule has 0 bridgehead atoms. The second-order valence-electron chi connectivity index (χ2n) is 4.49. The van der Waals surface area contributed by atoms with E-state index in [-0.39, 0.29) is 6.10 Å². The first-order valence-electron chi connectivity index (χ1n) is 6.25. The molecule has 0 spiro atoms. The lowest BCUT2D eigenvalue weighted by atomic mass is 10.2. The highest BCUT2D eigenvalue weighted by atomic mass is 35.5. The maximum atomic E-state index is 5.92. The van der Waals surface area contributed by atoms with Gasteiger partial charge in [0.2, 0.25) is 0 Å². The van der Waals surface area contributed by atoms with Gasteiger partial charge in [-0.3, -0.25) is 0 Å². The maximum absolute atomic E-state index is 5.92. The number of rotatable bonds is 3. The molecule has 20 heavy (non-hydrogen) atoms. The molecule has 0 amide bonds. The minimum absolute atomic E-state index is 0.0457. The number of hydrogen-bond acceptors (Lipinski definition) is 6. The topological polar surface area (TPSA) is 88.1 Å². The van der Waals surface area contributed by atoms with Gasteiger partial charge in [0.1, 0.15) is 6.10 Å².